The summed E-state index contributed by atoms with van der Waals surface area (Å²) in [6.07, 6.45) is -8.29. The Morgan fingerprint density at radius 1 is 0.603 bits per heavy atom. The lowest BCUT2D eigenvalue weighted by atomic mass is 9.75. The average Bonchev–Trinajstić information content (AvgIpc) is 3.80. The number of rotatable bonds is 20. The van der Waals surface area contributed by atoms with E-state index in [1.54, 1.807) is 20.8 Å². The zero-order valence-electron chi connectivity index (χ0n) is 34.7. The maximum absolute atomic E-state index is 13.2. The second-order valence-corrected chi connectivity index (χ2v) is 22.8. The van der Waals surface area contributed by atoms with Crippen LogP contribution in [0.25, 0.3) is 0 Å². The van der Waals surface area contributed by atoms with E-state index in [9.17, 15) is 37.8 Å². The average molecular weight is 913 g/mol. The fraction of sp³-hybridized carbons (Fsp3) is 0.941. The first-order valence-electron chi connectivity index (χ1n) is 19.3. The molecule has 17 atom stereocenters. The number of hydrogen-bond donors (Lipinski definition) is 0. The quantitative estimate of drug-likeness (QED) is 0.124. The van der Waals surface area contributed by atoms with Crippen molar-refractivity contribution in [2.45, 2.75) is 174 Å². The molecule has 0 N–H and O–H groups in total. The highest BCUT2D eigenvalue weighted by molar-refractivity contribution is 7.46. The van der Waals surface area contributed by atoms with Crippen molar-refractivity contribution in [1.29, 1.82) is 0 Å². The monoisotopic (exact) mass is 912 g/mol. The Bertz CT molecular complexity index is 1570. The SMILES string of the molecule is C=CC(OP(=O)([O-])O[C@@H]1C[C@H](C)O[C@@H]1COP(=O)([O-])O[C@@H]1C[C@H](C)O[C@@H]1COP(=O)([O-])O[C@@H]1C[C@H](C)O[C@@H]1COP(=O)([O-])OC(C)(C)C)[C@H]1O[C@@H](C)C[C@H]1C(C)(C)C. The summed E-state index contributed by atoms with van der Waals surface area (Å²) in [6, 6.07) is 0. The van der Waals surface area contributed by atoms with E-state index < -0.39 is 124 Å². The molecule has 0 bridgehead atoms. The molecule has 5 unspecified atom stereocenters. The van der Waals surface area contributed by atoms with E-state index in [2.05, 4.69) is 6.58 Å². The molecule has 4 aliphatic heterocycles. The molecule has 24 heteroatoms. The minimum Gasteiger partial charge on any atom is -0.756 e. The Morgan fingerprint density at radius 2 is 0.966 bits per heavy atom. The fourth-order valence-corrected chi connectivity index (χ4v) is 11.5. The van der Waals surface area contributed by atoms with Crippen LogP contribution in [0.15, 0.2) is 12.7 Å². The number of phosphoric ester groups is 4. The molecule has 0 saturated carbocycles. The van der Waals surface area contributed by atoms with E-state index in [1.165, 1.54) is 26.8 Å². The number of hydrogen-bond acceptors (Lipinski definition) is 20. The molecule has 4 rings (SSSR count). The molecule has 0 radical (unpaired) electrons. The lowest BCUT2D eigenvalue weighted by Gasteiger charge is -2.37. The Morgan fingerprint density at radius 3 is 1.33 bits per heavy atom. The summed E-state index contributed by atoms with van der Waals surface area (Å²) in [5.74, 6) is -0.0379. The van der Waals surface area contributed by atoms with Gasteiger partial charge in [-0.15, -0.1) is 6.58 Å². The predicted octanol–water partition coefficient (Wildman–Crippen LogP) is 3.82. The van der Waals surface area contributed by atoms with Crippen LogP contribution in [0.5, 0.6) is 0 Å². The highest BCUT2D eigenvalue weighted by Crippen LogP contribution is 2.51. The largest absolute Gasteiger partial charge is 0.756 e. The van der Waals surface area contributed by atoms with Crippen LogP contribution < -0.4 is 19.6 Å². The van der Waals surface area contributed by atoms with E-state index in [4.69, 9.17) is 55.1 Å². The molecule has 4 fully saturated rings. The van der Waals surface area contributed by atoms with Crippen LogP contribution in [-0.4, -0.2) is 98.7 Å². The van der Waals surface area contributed by atoms with Crippen molar-refractivity contribution in [3.63, 3.8) is 0 Å². The summed E-state index contributed by atoms with van der Waals surface area (Å²) in [4.78, 5) is 51.3. The van der Waals surface area contributed by atoms with Gasteiger partial charge in [0.25, 0.3) is 31.3 Å². The fourth-order valence-electron chi connectivity index (χ4n) is 7.42. The zero-order chi connectivity index (χ0) is 43.6. The lowest BCUT2D eigenvalue weighted by Crippen LogP contribution is -2.39. The van der Waals surface area contributed by atoms with Gasteiger partial charge in [-0.25, -0.2) is 0 Å². The van der Waals surface area contributed by atoms with Gasteiger partial charge >= 0.3 is 0 Å². The third-order valence-electron chi connectivity index (χ3n) is 9.82. The van der Waals surface area contributed by atoms with Crippen molar-refractivity contribution in [2.75, 3.05) is 19.8 Å². The summed E-state index contributed by atoms with van der Waals surface area (Å²) in [6.45, 7) is 19.2. The second-order valence-electron chi connectivity index (χ2n) is 17.4. The van der Waals surface area contributed by atoms with E-state index in [1.807, 2.05) is 27.7 Å². The summed E-state index contributed by atoms with van der Waals surface area (Å²) < 4.78 is 116. The van der Waals surface area contributed by atoms with Gasteiger partial charge in [0.2, 0.25) is 0 Å². The van der Waals surface area contributed by atoms with E-state index in [0.717, 1.165) is 0 Å². The van der Waals surface area contributed by atoms with Gasteiger partial charge in [0.15, 0.2) is 0 Å². The van der Waals surface area contributed by atoms with Gasteiger partial charge in [0, 0.05) is 19.3 Å². The van der Waals surface area contributed by atoms with Crippen LogP contribution in [0, 0.1) is 11.3 Å². The first-order chi connectivity index (χ1) is 26.5. The standard InChI is InChI=1S/C34H64O20P4/c1-12-25(32-24(33(6,7)8)13-20(2)49-32)50-58(41,42)53-28-16-23(5)47-30(28)18-44-56(37,38)51-26-14-21(3)46-29(26)17-43-55(35,36)52-27-15-22(4)48-31(27)19-45-57(39,40)54-34(9,10)11/h12,20-32H,1,13-19H2,2-11H3,(H,35,36)(H,37,38)(H,39,40)(H,41,42)/p-4/t20-,21-,22-,23-,24+,25?,26+,27+,28+,29+,30+,31+,32-/m0/s1. The van der Waals surface area contributed by atoms with Gasteiger partial charge in [-0.2, -0.15) is 0 Å². The Kier molecular flexibility index (Phi) is 17.3. The van der Waals surface area contributed by atoms with Crippen molar-refractivity contribution in [3.05, 3.63) is 12.7 Å². The molecule has 4 saturated heterocycles. The zero-order valence-corrected chi connectivity index (χ0v) is 38.3. The summed E-state index contributed by atoms with van der Waals surface area (Å²) in [5, 5.41) is 0. The van der Waals surface area contributed by atoms with Gasteiger partial charge in [-0.3, -0.25) is 18.3 Å². The maximum Gasteiger partial charge on any atom is 0.268 e. The smallest absolute Gasteiger partial charge is 0.268 e. The minimum atomic E-state index is -5.16. The molecule has 4 heterocycles. The molecule has 58 heavy (non-hydrogen) atoms. The Hall–Kier alpha value is 0.0200. The van der Waals surface area contributed by atoms with Crippen LogP contribution in [0.4, 0.5) is 0 Å². The van der Waals surface area contributed by atoms with Crippen LogP contribution in [0.1, 0.15) is 94.9 Å². The van der Waals surface area contributed by atoms with Gasteiger partial charge in [0.05, 0.1) is 74.3 Å². The summed E-state index contributed by atoms with van der Waals surface area (Å²) in [5.41, 5.74) is -1.29. The van der Waals surface area contributed by atoms with Crippen LogP contribution in [-0.2, 0) is 73.4 Å². The predicted molar refractivity (Wildman–Crippen MR) is 198 cm³/mol. The molecular weight excluding hydrogens is 852 g/mol. The van der Waals surface area contributed by atoms with Crippen molar-refractivity contribution < 1.29 is 93.0 Å². The van der Waals surface area contributed by atoms with Gasteiger partial charge in [0.1, 0.15) is 24.4 Å². The van der Waals surface area contributed by atoms with Crippen molar-refractivity contribution >= 4 is 31.3 Å². The van der Waals surface area contributed by atoms with Gasteiger partial charge in [-0.05, 0) is 66.2 Å². The van der Waals surface area contributed by atoms with E-state index in [0.29, 0.717) is 6.42 Å². The molecule has 0 aromatic carbocycles. The number of phosphoric acid groups is 4. The molecule has 4 aliphatic rings. The first kappa shape index (κ1) is 50.7. The van der Waals surface area contributed by atoms with E-state index in [-0.39, 0.29) is 36.7 Å². The Labute approximate surface area is 341 Å². The Balaban J connectivity index is 1.30. The van der Waals surface area contributed by atoms with Gasteiger partial charge in [-0.1, -0.05) is 26.8 Å². The molecule has 0 amide bonds. The first-order valence-corrected chi connectivity index (χ1v) is 25.2. The molecule has 20 nitrogen and oxygen atoms in total. The van der Waals surface area contributed by atoms with Crippen molar-refractivity contribution in [2.24, 2.45) is 11.3 Å². The van der Waals surface area contributed by atoms with Crippen LogP contribution in [0.3, 0.4) is 0 Å². The highest BCUT2D eigenvalue weighted by Gasteiger charge is 2.46. The lowest BCUT2D eigenvalue weighted by molar-refractivity contribution is -0.240. The third kappa shape index (κ3) is 15.7. The maximum atomic E-state index is 13.2. The highest BCUT2D eigenvalue weighted by atomic mass is 31.2. The minimum absolute atomic E-state index is 0.0103. The normalized spacial score (nSPS) is 38.2. The molecule has 0 aromatic rings. The number of ether oxygens (including phenoxy) is 4. The molecule has 0 aromatic heterocycles. The molecule has 0 spiro atoms. The molecule has 0 aliphatic carbocycles. The van der Waals surface area contributed by atoms with Crippen molar-refractivity contribution in [1.82, 2.24) is 0 Å². The topological polar surface area (TPSA) is 271 Å². The summed E-state index contributed by atoms with van der Waals surface area (Å²) >= 11 is 0. The summed E-state index contributed by atoms with van der Waals surface area (Å²) in [7, 11) is -20.1. The second kappa shape index (κ2) is 19.8. The van der Waals surface area contributed by atoms with Crippen molar-refractivity contribution in [3.8, 4) is 0 Å². The molecule has 340 valence electrons. The molecular formula is C34H60O20P4-4. The van der Waals surface area contributed by atoms with Crippen LogP contribution >= 0.6 is 31.3 Å². The van der Waals surface area contributed by atoms with E-state index >= 15 is 0 Å². The van der Waals surface area contributed by atoms with Gasteiger partial charge < -0.3 is 74.7 Å². The third-order valence-corrected chi connectivity index (χ3v) is 14.1. The van der Waals surface area contributed by atoms with Crippen LogP contribution in [0.2, 0.25) is 0 Å².